The second-order valence-electron chi connectivity index (χ2n) is 5.28. The number of nitrogens with zero attached hydrogens (tertiary/aromatic N) is 1. The molecule has 0 aliphatic carbocycles. The smallest absolute Gasteiger partial charge is 0.410 e. The number of amides is 1. The molecule has 3 nitrogen and oxygen atoms in total. The van der Waals surface area contributed by atoms with Gasteiger partial charge in [-0.25, -0.2) is 4.79 Å². The van der Waals surface area contributed by atoms with Crippen LogP contribution in [-0.2, 0) is 0 Å². The van der Waals surface area contributed by atoms with Crippen LogP contribution < -0.4 is 4.74 Å². The number of carbonyl (C=O) groups is 1. The van der Waals surface area contributed by atoms with Crippen LogP contribution in [0.5, 0.6) is 5.75 Å². The molecule has 0 heterocycles. The van der Waals surface area contributed by atoms with Gasteiger partial charge in [-0.2, -0.15) is 25.3 Å². The van der Waals surface area contributed by atoms with E-state index in [1.165, 1.54) is 12.8 Å². The molecule has 0 unspecified atom stereocenters. The Labute approximate surface area is 152 Å². The summed E-state index contributed by atoms with van der Waals surface area (Å²) in [5.41, 5.74) is 0. The van der Waals surface area contributed by atoms with Crippen LogP contribution in [0, 0.1) is 0 Å². The van der Waals surface area contributed by atoms with Gasteiger partial charge in [-0.05, 0) is 30.7 Å². The lowest BCUT2D eigenvalue weighted by atomic mass is 10.1. The first-order chi connectivity index (χ1) is 10.7. The molecule has 1 aromatic carbocycles. The number of thiol groups is 2. The molecule has 5 heteroatoms. The number of unbranched alkanes of at least 4 members (excludes halogenated alkanes) is 3. The molecular weight excluding hydrogens is 326 g/mol. The Bertz CT molecular complexity index is 415. The predicted molar refractivity (Wildman–Crippen MR) is 106 cm³/mol. The molecule has 0 N–H and O–H groups in total. The van der Waals surface area contributed by atoms with Crippen molar-refractivity contribution in [3.05, 3.63) is 30.3 Å². The van der Waals surface area contributed by atoms with Gasteiger partial charge in [0.1, 0.15) is 5.75 Å². The third-order valence-corrected chi connectivity index (χ3v) is 4.23. The zero-order chi connectivity index (χ0) is 16.2. The van der Waals surface area contributed by atoms with Gasteiger partial charge in [-0.1, -0.05) is 51.8 Å². The van der Waals surface area contributed by atoms with Crippen molar-refractivity contribution < 1.29 is 9.53 Å². The van der Waals surface area contributed by atoms with Gasteiger partial charge in [-0.3, -0.25) is 0 Å². The Hall–Kier alpha value is -0.810. The van der Waals surface area contributed by atoms with Gasteiger partial charge >= 0.3 is 6.09 Å². The quantitative estimate of drug-likeness (QED) is 0.438. The molecule has 0 aliphatic rings. The fraction of sp³-hybridized carbons (Fsp3) is 0.611. The van der Waals surface area contributed by atoms with E-state index in [1.807, 2.05) is 23.1 Å². The van der Waals surface area contributed by atoms with Crippen LogP contribution in [-0.4, -0.2) is 35.1 Å². The second-order valence-corrected chi connectivity index (χ2v) is 6.10. The normalized spacial score (nSPS) is 11.4. The summed E-state index contributed by atoms with van der Waals surface area (Å²) in [5.74, 6) is 1.93. The van der Waals surface area contributed by atoms with E-state index in [2.05, 4.69) is 32.2 Å². The predicted octanol–water partition coefficient (Wildman–Crippen LogP) is 5.32. The Morgan fingerprint density at radius 3 is 2.43 bits per heavy atom. The Balaban J connectivity index is 0.00000484. The van der Waals surface area contributed by atoms with Crippen molar-refractivity contribution in [3.63, 3.8) is 0 Å². The molecule has 0 aliphatic heterocycles. The van der Waals surface area contributed by atoms with Crippen LogP contribution >= 0.6 is 25.3 Å². The van der Waals surface area contributed by atoms with Gasteiger partial charge in [0, 0.05) is 18.3 Å². The Morgan fingerprint density at radius 2 is 1.87 bits per heavy atom. The van der Waals surface area contributed by atoms with Crippen LogP contribution in [0.3, 0.4) is 0 Å². The van der Waals surface area contributed by atoms with Crippen molar-refractivity contribution in [1.29, 1.82) is 0 Å². The molecule has 1 amide bonds. The maximum absolute atomic E-state index is 12.5. The van der Waals surface area contributed by atoms with Gasteiger partial charge < -0.3 is 9.64 Å². The van der Waals surface area contributed by atoms with Crippen LogP contribution in [0.25, 0.3) is 0 Å². The summed E-state index contributed by atoms with van der Waals surface area (Å²) in [6.45, 7) is 2.89. The lowest BCUT2D eigenvalue weighted by Crippen LogP contribution is -2.44. The summed E-state index contributed by atoms with van der Waals surface area (Å²) in [4.78, 5) is 14.3. The molecule has 1 atom stereocenters. The van der Waals surface area contributed by atoms with Crippen LogP contribution in [0.1, 0.15) is 46.5 Å². The summed E-state index contributed by atoms with van der Waals surface area (Å²) in [7, 11) is 0. The van der Waals surface area contributed by atoms with Gasteiger partial charge in [0.25, 0.3) is 0 Å². The van der Waals surface area contributed by atoms with E-state index < -0.39 is 0 Å². The van der Waals surface area contributed by atoms with Gasteiger partial charge in [0.15, 0.2) is 0 Å². The molecule has 0 fully saturated rings. The summed E-state index contributed by atoms with van der Waals surface area (Å²) < 4.78 is 5.49. The number of carbonyl (C=O) groups excluding carboxylic acids is 1. The van der Waals surface area contributed by atoms with Crippen LogP contribution in [0.4, 0.5) is 4.79 Å². The van der Waals surface area contributed by atoms with E-state index in [0.29, 0.717) is 18.0 Å². The van der Waals surface area contributed by atoms with Gasteiger partial charge in [-0.15, -0.1) is 0 Å². The third kappa shape index (κ3) is 8.56. The first-order valence-corrected chi connectivity index (χ1v) is 9.24. The number of hydrogen-bond acceptors (Lipinski definition) is 4. The van der Waals surface area contributed by atoms with E-state index >= 15 is 0 Å². The number of ether oxygens (including phenoxy) is 1. The molecular formula is C18H31NO2S2. The molecule has 1 rings (SSSR count). The Kier molecular flexibility index (Phi) is 13.1. The molecule has 0 bridgehead atoms. The minimum atomic E-state index is -0.288. The van der Waals surface area contributed by atoms with E-state index in [9.17, 15) is 4.79 Å². The number of benzene rings is 1. The van der Waals surface area contributed by atoms with Crippen molar-refractivity contribution in [2.24, 2.45) is 0 Å². The van der Waals surface area contributed by atoms with Crippen LogP contribution in [0.15, 0.2) is 30.3 Å². The van der Waals surface area contributed by atoms with E-state index in [4.69, 9.17) is 4.74 Å². The zero-order valence-electron chi connectivity index (χ0n) is 13.3. The SMILES string of the molecule is C.CCCCCCN(C(=O)Oc1ccccc1)[C@H](CS)CCS. The van der Waals surface area contributed by atoms with Crippen molar-refractivity contribution in [2.45, 2.75) is 52.5 Å². The maximum Gasteiger partial charge on any atom is 0.415 e. The fourth-order valence-electron chi connectivity index (χ4n) is 2.27. The van der Waals surface area contributed by atoms with Gasteiger partial charge in [0.05, 0.1) is 0 Å². The summed E-state index contributed by atoms with van der Waals surface area (Å²) in [6, 6.07) is 9.27. The zero-order valence-corrected chi connectivity index (χ0v) is 15.1. The van der Waals surface area contributed by atoms with Crippen molar-refractivity contribution in [1.82, 2.24) is 4.90 Å². The summed E-state index contributed by atoms with van der Waals surface area (Å²) >= 11 is 8.68. The first-order valence-electron chi connectivity index (χ1n) is 7.98. The molecule has 132 valence electrons. The number of hydrogen-bond donors (Lipinski definition) is 2. The standard InChI is InChI=1S/C17H27NO2S2.CH4/c1-2-3-4-8-12-18(15(14-22)11-13-21)17(19)20-16-9-6-5-7-10-16;/h5-7,9-10,15,21-22H,2-4,8,11-14H2,1H3;1H4/t15-;/m0./s1. The van der Waals surface area contributed by atoms with Crippen molar-refractivity contribution in [3.8, 4) is 5.75 Å². The van der Waals surface area contributed by atoms with E-state index in [-0.39, 0.29) is 19.6 Å². The van der Waals surface area contributed by atoms with Crippen molar-refractivity contribution in [2.75, 3.05) is 18.1 Å². The first kappa shape index (κ1) is 22.2. The molecule has 0 saturated heterocycles. The van der Waals surface area contributed by atoms with E-state index in [0.717, 1.165) is 25.0 Å². The van der Waals surface area contributed by atoms with Crippen molar-refractivity contribution >= 4 is 31.4 Å². The largest absolute Gasteiger partial charge is 0.415 e. The molecule has 0 spiro atoms. The topological polar surface area (TPSA) is 29.5 Å². The molecule has 0 radical (unpaired) electrons. The van der Waals surface area contributed by atoms with E-state index in [1.54, 1.807) is 12.1 Å². The maximum atomic E-state index is 12.5. The summed E-state index contributed by atoms with van der Waals surface area (Å²) in [6.07, 6.45) is 5.04. The lowest BCUT2D eigenvalue weighted by Gasteiger charge is -2.30. The second kappa shape index (κ2) is 13.6. The molecule has 1 aromatic rings. The molecule has 0 aromatic heterocycles. The van der Waals surface area contributed by atoms with Gasteiger partial charge in [0.2, 0.25) is 0 Å². The highest BCUT2D eigenvalue weighted by Crippen LogP contribution is 2.15. The number of rotatable bonds is 10. The molecule has 23 heavy (non-hydrogen) atoms. The number of para-hydroxylation sites is 1. The third-order valence-electron chi connectivity index (χ3n) is 3.55. The lowest BCUT2D eigenvalue weighted by molar-refractivity contribution is 0.134. The minimum absolute atomic E-state index is 0. The average Bonchev–Trinajstić information content (AvgIpc) is 2.54. The monoisotopic (exact) mass is 357 g/mol. The molecule has 0 saturated carbocycles. The van der Waals surface area contributed by atoms with Crippen LogP contribution in [0.2, 0.25) is 0 Å². The Morgan fingerprint density at radius 1 is 1.17 bits per heavy atom. The highest BCUT2D eigenvalue weighted by atomic mass is 32.1. The average molecular weight is 358 g/mol. The highest BCUT2D eigenvalue weighted by molar-refractivity contribution is 7.80. The highest BCUT2D eigenvalue weighted by Gasteiger charge is 2.23. The minimum Gasteiger partial charge on any atom is -0.410 e. The fourth-order valence-corrected chi connectivity index (χ4v) is 2.95. The summed E-state index contributed by atoms with van der Waals surface area (Å²) in [5, 5.41) is 0.